The number of hydrogen-bond donors (Lipinski definition) is 2. The van der Waals surface area contributed by atoms with Crippen LogP contribution in [0.2, 0.25) is 0 Å². The standard InChI is InChI=1S/C53H78N2/c1-3-5-7-22-26-52(48-36-40-50(54)41-37-48)46-32-28-44(29-33-46)24-20-18-16-14-12-10-9-11-13-15-17-19-21-25-45-30-34-47(35-31-45)53(27-23-8-6-4-2)49-38-42-51(55)43-39-49/h28-43,52-53H,3-27,54-55H2,1-2H3. The van der Waals surface area contributed by atoms with Crippen molar-refractivity contribution in [2.75, 3.05) is 11.5 Å². The molecule has 0 spiro atoms. The minimum absolute atomic E-state index is 0.470. The summed E-state index contributed by atoms with van der Waals surface area (Å²) in [6.45, 7) is 4.58. The zero-order chi connectivity index (χ0) is 38.8. The number of unbranched alkanes of at least 4 members (excludes halogenated alkanes) is 18. The fraction of sp³-hybridized carbons (Fsp3) is 0.547. The van der Waals surface area contributed by atoms with Gasteiger partial charge in [0.05, 0.1) is 0 Å². The molecule has 2 atom stereocenters. The number of rotatable bonds is 30. The van der Waals surface area contributed by atoms with Crippen molar-refractivity contribution in [1.82, 2.24) is 0 Å². The number of anilines is 2. The fourth-order valence-electron chi connectivity index (χ4n) is 8.49. The van der Waals surface area contributed by atoms with Crippen LogP contribution in [0.25, 0.3) is 0 Å². The van der Waals surface area contributed by atoms with Crippen molar-refractivity contribution in [3.05, 3.63) is 130 Å². The molecule has 4 N–H and O–H groups in total. The Morgan fingerprint density at radius 2 is 0.564 bits per heavy atom. The lowest BCUT2D eigenvalue weighted by Gasteiger charge is -2.19. The second-order valence-corrected chi connectivity index (χ2v) is 16.7. The SMILES string of the molecule is CCCCCCC(c1ccc(N)cc1)c1ccc(CCCCCCCCCCCCCCCc2ccc(C(CCCCCC)c3ccc(N)cc3)cc2)cc1. The minimum Gasteiger partial charge on any atom is -0.399 e. The first-order chi connectivity index (χ1) is 27.1. The molecule has 2 unspecified atom stereocenters. The van der Waals surface area contributed by atoms with E-state index in [4.69, 9.17) is 11.5 Å². The van der Waals surface area contributed by atoms with Gasteiger partial charge in [0, 0.05) is 23.2 Å². The minimum atomic E-state index is 0.470. The molecule has 0 amide bonds. The third kappa shape index (κ3) is 17.4. The predicted octanol–water partition coefficient (Wildman–Crippen LogP) is 15.9. The summed E-state index contributed by atoms with van der Waals surface area (Å²) >= 11 is 0. The molecule has 0 bridgehead atoms. The highest BCUT2D eigenvalue weighted by atomic mass is 14.5. The predicted molar refractivity (Wildman–Crippen MR) is 243 cm³/mol. The van der Waals surface area contributed by atoms with Crippen molar-refractivity contribution < 1.29 is 0 Å². The summed E-state index contributed by atoms with van der Waals surface area (Å²) in [5, 5.41) is 0. The first-order valence-corrected chi connectivity index (χ1v) is 23.0. The van der Waals surface area contributed by atoms with E-state index in [2.05, 4.69) is 111 Å². The van der Waals surface area contributed by atoms with Gasteiger partial charge in [0.1, 0.15) is 0 Å². The molecule has 0 saturated heterocycles. The van der Waals surface area contributed by atoms with Crippen LogP contribution in [-0.2, 0) is 12.8 Å². The van der Waals surface area contributed by atoms with E-state index in [1.165, 1.54) is 194 Å². The lowest BCUT2D eigenvalue weighted by molar-refractivity contribution is 0.536. The Balaban J connectivity index is 0.998. The summed E-state index contributed by atoms with van der Waals surface area (Å²) in [5.41, 5.74) is 22.4. The lowest BCUT2D eigenvalue weighted by Crippen LogP contribution is -2.02. The van der Waals surface area contributed by atoms with Crippen LogP contribution < -0.4 is 11.5 Å². The Hall–Kier alpha value is -3.52. The lowest BCUT2D eigenvalue weighted by atomic mass is 9.86. The molecule has 4 aromatic rings. The van der Waals surface area contributed by atoms with E-state index in [1.54, 1.807) is 0 Å². The highest BCUT2D eigenvalue weighted by Crippen LogP contribution is 2.33. The third-order valence-electron chi connectivity index (χ3n) is 12.1. The fourth-order valence-corrected chi connectivity index (χ4v) is 8.49. The van der Waals surface area contributed by atoms with Gasteiger partial charge in [0.25, 0.3) is 0 Å². The zero-order valence-electron chi connectivity index (χ0n) is 35.2. The molecule has 4 rings (SSSR count). The van der Waals surface area contributed by atoms with Crippen molar-refractivity contribution in [3.8, 4) is 0 Å². The number of nitrogen functional groups attached to an aromatic ring is 2. The van der Waals surface area contributed by atoms with Gasteiger partial charge in [-0.05, 0) is 96.2 Å². The van der Waals surface area contributed by atoms with Crippen LogP contribution in [-0.4, -0.2) is 0 Å². The monoisotopic (exact) mass is 743 g/mol. The van der Waals surface area contributed by atoms with Crippen molar-refractivity contribution in [2.24, 2.45) is 0 Å². The van der Waals surface area contributed by atoms with Crippen molar-refractivity contribution in [2.45, 2.75) is 186 Å². The second-order valence-electron chi connectivity index (χ2n) is 16.7. The maximum Gasteiger partial charge on any atom is 0.0314 e. The Morgan fingerprint density at radius 1 is 0.309 bits per heavy atom. The van der Waals surface area contributed by atoms with E-state index < -0.39 is 0 Å². The maximum atomic E-state index is 5.99. The maximum absolute atomic E-state index is 5.99. The molecular formula is C53H78N2. The van der Waals surface area contributed by atoms with Gasteiger partial charge in [0.2, 0.25) is 0 Å². The normalized spacial score (nSPS) is 12.5. The summed E-state index contributed by atoms with van der Waals surface area (Å²) < 4.78 is 0. The highest BCUT2D eigenvalue weighted by Gasteiger charge is 2.15. The van der Waals surface area contributed by atoms with Gasteiger partial charge >= 0.3 is 0 Å². The average molecular weight is 743 g/mol. The molecule has 0 aliphatic rings. The van der Waals surface area contributed by atoms with Gasteiger partial charge in [-0.2, -0.15) is 0 Å². The summed E-state index contributed by atoms with van der Waals surface area (Å²) in [5.74, 6) is 0.939. The van der Waals surface area contributed by atoms with E-state index in [9.17, 15) is 0 Å². The van der Waals surface area contributed by atoms with Crippen molar-refractivity contribution >= 4 is 11.4 Å². The largest absolute Gasteiger partial charge is 0.399 e. The van der Waals surface area contributed by atoms with Gasteiger partial charge in [-0.25, -0.2) is 0 Å². The summed E-state index contributed by atoms with van der Waals surface area (Å²) in [7, 11) is 0. The van der Waals surface area contributed by atoms with Crippen LogP contribution in [0.15, 0.2) is 97.1 Å². The molecule has 2 heteroatoms. The van der Waals surface area contributed by atoms with E-state index in [0.29, 0.717) is 11.8 Å². The number of nitrogens with two attached hydrogens (primary N) is 2. The summed E-state index contributed by atoms with van der Waals surface area (Å²) in [4.78, 5) is 0. The van der Waals surface area contributed by atoms with Crippen molar-refractivity contribution in [1.29, 1.82) is 0 Å². The molecule has 0 aromatic heterocycles. The molecule has 0 radical (unpaired) electrons. The Bertz CT molecular complexity index is 1390. The first-order valence-electron chi connectivity index (χ1n) is 23.0. The molecule has 0 aliphatic heterocycles. The Kier molecular flexibility index (Phi) is 21.8. The Morgan fingerprint density at radius 3 is 0.855 bits per heavy atom. The van der Waals surface area contributed by atoms with Crippen LogP contribution in [0, 0.1) is 0 Å². The topological polar surface area (TPSA) is 52.0 Å². The molecule has 55 heavy (non-hydrogen) atoms. The van der Waals surface area contributed by atoms with E-state index in [1.807, 2.05) is 0 Å². The molecule has 2 nitrogen and oxygen atoms in total. The van der Waals surface area contributed by atoms with E-state index in [0.717, 1.165) is 11.4 Å². The summed E-state index contributed by atoms with van der Waals surface area (Å²) in [6, 6.07) is 36.3. The van der Waals surface area contributed by atoms with Gasteiger partial charge < -0.3 is 11.5 Å². The van der Waals surface area contributed by atoms with E-state index in [-0.39, 0.29) is 0 Å². The highest BCUT2D eigenvalue weighted by molar-refractivity contribution is 5.44. The molecule has 0 fully saturated rings. The molecule has 0 heterocycles. The molecule has 0 aliphatic carbocycles. The van der Waals surface area contributed by atoms with Gasteiger partial charge in [-0.3, -0.25) is 0 Å². The van der Waals surface area contributed by atoms with Crippen molar-refractivity contribution in [3.63, 3.8) is 0 Å². The first kappa shape index (κ1) is 44.2. The van der Waals surface area contributed by atoms with Crippen LogP contribution in [0.5, 0.6) is 0 Å². The molecule has 300 valence electrons. The number of aryl methyl sites for hydroxylation is 2. The molecular weight excluding hydrogens is 665 g/mol. The smallest absolute Gasteiger partial charge is 0.0314 e. The van der Waals surface area contributed by atoms with Gasteiger partial charge in [0.15, 0.2) is 0 Å². The Labute approximate surface area is 338 Å². The summed E-state index contributed by atoms with van der Waals surface area (Å²) in [6.07, 6.45) is 33.3. The van der Waals surface area contributed by atoms with Crippen LogP contribution >= 0.6 is 0 Å². The van der Waals surface area contributed by atoms with E-state index >= 15 is 0 Å². The van der Waals surface area contributed by atoms with Gasteiger partial charge in [-0.15, -0.1) is 0 Å². The third-order valence-corrected chi connectivity index (χ3v) is 12.1. The molecule has 4 aromatic carbocycles. The number of hydrogen-bond acceptors (Lipinski definition) is 2. The average Bonchev–Trinajstić information content (AvgIpc) is 3.21. The second kappa shape index (κ2) is 27.1. The van der Waals surface area contributed by atoms with Gasteiger partial charge in [-0.1, -0.05) is 209 Å². The molecule has 0 saturated carbocycles. The van der Waals surface area contributed by atoms with Crippen LogP contribution in [0.4, 0.5) is 11.4 Å². The van der Waals surface area contributed by atoms with Crippen LogP contribution in [0.3, 0.4) is 0 Å². The zero-order valence-corrected chi connectivity index (χ0v) is 35.2. The quantitative estimate of drug-likeness (QED) is 0.0413. The number of benzene rings is 4. The van der Waals surface area contributed by atoms with Crippen LogP contribution in [0.1, 0.15) is 207 Å².